The summed E-state index contributed by atoms with van der Waals surface area (Å²) in [5, 5.41) is 0.444. The molecule has 1 aliphatic rings. The largest absolute Gasteiger partial charge is 0.341 e. The number of hydrogen-bond donors (Lipinski definition) is 0. The van der Waals surface area contributed by atoms with Crippen LogP contribution in [0.2, 0.25) is 0 Å². The molecule has 0 aliphatic carbocycles. The molecule has 6 nitrogen and oxygen atoms in total. The summed E-state index contributed by atoms with van der Waals surface area (Å²) < 4.78 is 2.70. The molecule has 3 aromatic rings. The molecule has 4 rings (SSSR count). The van der Waals surface area contributed by atoms with Gasteiger partial charge in [0.25, 0.3) is 5.56 Å². The molecule has 2 aromatic carbocycles. The fourth-order valence-electron chi connectivity index (χ4n) is 3.92. The van der Waals surface area contributed by atoms with Crippen LogP contribution in [0.3, 0.4) is 0 Å². The standard InChI is InChI=1S/C22H23N3O3/c1-16(20(26)23-13-7-8-14-23)25-19-12-6-5-11-18(19)21(27)24(22(25)28)15-17-9-3-2-4-10-17/h2-6,9-12,16H,7-8,13-15H2,1H3. The summed E-state index contributed by atoms with van der Waals surface area (Å²) in [7, 11) is 0. The zero-order valence-electron chi connectivity index (χ0n) is 15.9. The highest BCUT2D eigenvalue weighted by Crippen LogP contribution is 2.18. The third-order valence-electron chi connectivity index (χ3n) is 5.42. The molecular weight excluding hydrogens is 354 g/mol. The number of aromatic nitrogens is 2. The van der Waals surface area contributed by atoms with E-state index in [-0.39, 0.29) is 18.0 Å². The minimum atomic E-state index is -0.668. The molecule has 1 aromatic heterocycles. The fraction of sp³-hybridized carbons (Fsp3) is 0.318. The SMILES string of the molecule is CC(C(=O)N1CCCC1)n1c(=O)n(Cc2ccccc2)c(=O)c2ccccc21. The smallest absolute Gasteiger partial charge is 0.332 e. The van der Waals surface area contributed by atoms with Crippen LogP contribution in [-0.4, -0.2) is 33.0 Å². The lowest BCUT2D eigenvalue weighted by Crippen LogP contribution is -2.45. The molecule has 1 saturated heterocycles. The third kappa shape index (κ3) is 3.15. The van der Waals surface area contributed by atoms with Gasteiger partial charge in [-0.05, 0) is 37.5 Å². The van der Waals surface area contributed by atoms with Crippen LogP contribution in [0.15, 0.2) is 64.2 Å². The average molecular weight is 377 g/mol. The minimum Gasteiger partial charge on any atom is -0.341 e. The number of carbonyl (C=O) groups is 1. The van der Waals surface area contributed by atoms with Crippen molar-refractivity contribution in [3.05, 3.63) is 81.0 Å². The zero-order valence-corrected chi connectivity index (χ0v) is 15.9. The van der Waals surface area contributed by atoms with E-state index in [1.165, 1.54) is 9.13 Å². The van der Waals surface area contributed by atoms with Crippen LogP contribution in [0, 0.1) is 0 Å². The van der Waals surface area contributed by atoms with E-state index in [0.29, 0.717) is 10.9 Å². The maximum Gasteiger partial charge on any atom is 0.332 e. The normalized spacial score (nSPS) is 15.1. The lowest BCUT2D eigenvalue weighted by Gasteiger charge is -2.24. The highest BCUT2D eigenvalue weighted by atomic mass is 16.2. The quantitative estimate of drug-likeness (QED) is 0.701. The van der Waals surface area contributed by atoms with Gasteiger partial charge < -0.3 is 4.90 Å². The van der Waals surface area contributed by atoms with Crippen LogP contribution in [0.25, 0.3) is 10.9 Å². The van der Waals surface area contributed by atoms with Gasteiger partial charge in [0.15, 0.2) is 0 Å². The second-order valence-electron chi connectivity index (χ2n) is 7.25. The Morgan fingerprint density at radius 1 is 0.964 bits per heavy atom. The van der Waals surface area contributed by atoms with Crippen molar-refractivity contribution >= 4 is 16.8 Å². The summed E-state index contributed by atoms with van der Waals surface area (Å²) >= 11 is 0. The maximum absolute atomic E-state index is 13.3. The van der Waals surface area contributed by atoms with Crippen molar-refractivity contribution in [2.45, 2.75) is 32.4 Å². The topological polar surface area (TPSA) is 64.3 Å². The van der Waals surface area contributed by atoms with Gasteiger partial charge in [0, 0.05) is 13.1 Å². The van der Waals surface area contributed by atoms with Crippen molar-refractivity contribution in [2.75, 3.05) is 13.1 Å². The Morgan fingerprint density at radius 2 is 1.61 bits per heavy atom. The molecule has 1 fully saturated rings. The number of fused-ring (bicyclic) bond motifs is 1. The lowest BCUT2D eigenvalue weighted by molar-refractivity contribution is -0.133. The number of hydrogen-bond acceptors (Lipinski definition) is 3. The molecule has 0 bridgehead atoms. The van der Waals surface area contributed by atoms with Crippen molar-refractivity contribution in [1.29, 1.82) is 0 Å². The first kappa shape index (κ1) is 18.2. The molecule has 144 valence electrons. The first-order valence-corrected chi connectivity index (χ1v) is 9.64. The lowest BCUT2D eigenvalue weighted by atomic mass is 10.2. The van der Waals surface area contributed by atoms with E-state index in [9.17, 15) is 14.4 Å². The van der Waals surface area contributed by atoms with E-state index in [2.05, 4.69) is 0 Å². The van der Waals surface area contributed by atoms with Gasteiger partial charge in [0.2, 0.25) is 5.91 Å². The molecule has 0 spiro atoms. The Kier molecular flexibility index (Phi) is 4.86. The number of nitrogens with zero attached hydrogens (tertiary/aromatic N) is 3. The Morgan fingerprint density at radius 3 is 2.32 bits per heavy atom. The number of carbonyl (C=O) groups excluding carboxylic acids is 1. The van der Waals surface area contributed by atoms with Crippen LogP contribution in [0.5, 0.6) is 0 Å². The zero-order chi connectivity index (χ0) is 19.7. The van der Waals surface area contributed by atoms with Gasteiger partial charge in [-0.3, -0.25) is 18.7 Å². The van der Waals surface area contributed by atoms with Gasteiger partial charge >= 0.3 is 5.69 Å². The van der Waals surface area contributed by atoms with Gasteiger partial charge in [0.1, 0.15) is 6.04 Å². The average Bonchev–Trinajstić information content (AvgIpc) is 3.26. The van der Waals surface area contributed by atoms with Crippen molar-refractivity contribution in [3.8, 4) is 0 Å². The molecule has 0 radical (unpaired) electrons. The maximum atomic E-state index is 13.3. The molecule has 1 unspecified atom stereocenters. The summed E-state index contributed by atoms with van der Waals surface area (Å²) in [6, 6.07) is 15.7. The highest BCUT2D eigenvalue weighted by Gasteiger charge is 2.27. The Hall–Kier alpha value is -3.15. The highest BCUT2D eigenvalue weighted by molar-refractivity contribution is 5.84. The summed E-state index contributed by atoms with van der Waals surface area (Å²) in [5.74, 6) is -0.0744. The van der Waals surface area contributed by atoms with Gasteiger partial charge in [-0.1, -0.05) is 42.5 Å². The molecule has 0 saturated carbocycles. The van der Waals surface area contributed by atoms with E-state index in [1.54, 1.807) is 36.1 Å². The molecule has 6 heteroatoms. The van der Waals surface area contributed by atoms with E-state index in [1.807, 2.05) is 30.3 Å². The first-order valence-electron chi connectivity index (χ1n) is 9.64. The van der Waals surface area contributed by atoms with E-state index in [4.69, 9.17) is 0 Å². The van der Waals surface area contributed by atoms with Gasteiger partial charge in [-0.2, -0.15) is 0 Å². The van der Waals surface area contributed by atoms with E-state index in [0.717, 1.165) is 31.5 Å². The van der Waals surface area contributed by atoms with E-state index >= 15 is 0 Å². The summed E-state index contributed by atoms with van der Waals surface area (Å²) in [6.45, 7) is 3.36. The second-order valence-corrected chi connectivity index (χ2v) is 7.25. The Bertz CT molecular complexity index is 1130. The second kappa shape index (κ2) is 7.46. The molecule has 1 aliphatic heterocycles. The van der Waals surface area contributed by atoms with Crippen molar-refractivity contribution in [1.82, 2.24) is 14.0 Å². The summed E-state index contributed by atoms with van der Waals surface area (Å²) in [6.07, 6.45) is 1.98. The fourth-order valence-corrected chi connectivity index (χ4v) is 3.92. The number of likely N-dealkylation sites (tertiary alicyclic amines) is 1. The van der Waals surface area contributed by atoms with Gasteiger partial charge in [0.05, 0.1) is 17.4 Å². The monoisotopic (exact) mass is 377 g/mol. The van der Waals surface area contributed by atoms with Gasteiger partial charge in [-0.15, -0.1) is 0 Å². The Labute approximate surface area is 162 Å². The molecule has 0 N–H and O–H groups in total. The molecular formula is C22H23N3O3. The van der Waals surface area contributed by atoms with Crippen LogP contribution in [0.1, 0.15) is 31.4 Å². The molecule has 1 amide bonds. The number of para-hydroxylation sites is 1. The van der Waals surface area contributed by atoms with Gasteiger partial charge in [-0.25, -0.2) is 4.79 Å². The third-order valence-corrected chi connectivity index (χ3v) is 5.42. The Balaban J connectivity index is 1.88. The number of rotatable bonds is 4. The predicted molar refractivity (Wildman–Crippen MR) is 109 cm³/mol. The van der Waals surface area contributed by atoms with E-state index < -0.39 is 11.7 Å². The first-order chi connectivity index (χ1) is 13.6. The number of amides is 1. The molecule has 1 atom stereocenters. The van der Waals surface area contributed by atoms with Crippen LogP contribution < -0.4 is 11.2 Å². The number of benzene rings is 2. The van der Waals surface area contributed by atoms with Crippen LogP contribution in [0.4, 0.5) is 0 Å². The summed E-state index contributed by atoms with van der Waals surface area (Å²) in [5.41, 5.74) is 0.582. The minimum absolute atomic E-state index is 0.0744. The van der Waals surface area contributed by atoms with Crippen LogP contribution in [-0.2, 0) is 11.3 Å². The van der Waals surface area contributed by atoms with Crippen molar-refractivity contribution in [2.24, 2.45) is 0 Å². The molecule has 28 heavy (non-hydrogen) atoms. The van der Waals surface area contributed by atoms with Crippen molar-refractivity contribution in [3.63, 3.8) is 0 Å². The van der Waals surface area contributed by atoms with Crippen LogP contribution >= 0.6 is 0 Å². The molecule has 2 heterocycles. The van der Waals surface area contributed by atoms with Crippen molar-refractivity contribution < 1.29 is 4.79 Å². The predicted octanol–water partition coefficient (Wildman–Crippen LogP) is 2.39. The summed E-state index contributed by atoms with van der Waals surface area (Å²) in [4.78, 5) is 41.1.